The Kier molecular flexibility index (Phi) is 6.75. The molecule has 5 nitrogen and oxygen atoms in total. The van der Waals surface area contributed by atoms with E-state index >= 15 is 0 Å². The van der Waals surface area contributed by atoms with Crippen LogP contribution in [0.3, 0.4) is 0 Å². The van der Waals surface area contributed by atoms with E-state index in [1.165, 1.54) is 0 Å². The molecule has 0 unspecified atom stereocenters. The SMILES string of the molecule is CC[C@H](NC(=O)N[C@@H](C)C[C@@H](O)c1ccccc1)c1nc(C)cs1. The Bertz CT molecular complexity index is 645. The van der Waals surface area contributed by atoms with Crippen LogP contribution in [0.15, 0.2) is 35.7 Å². The Hall–Kier alpha value is -1.92. The molecular weight excluding hydrogens is 322 g/mol. The van der Waals surface area contributed by atoms with Crippen molar-refractivity contribution in [2.75, 3.05) is 0 Å². The van der Waals surface area contributed by atoms with Crippen molar-refractivity contribution in [3.63, 3.8) is 0 Å². The molecule has 2 rings (SSSR count). The van der Waals surface area contributed by atoms with Gasteiger partial charge in [0.1, 0.15) is 5.01 Å². The molecule has 1 heterocycles. The van der Waals surface area contributed by atoms with Gasteiger partial charge in [0.25, 0.3) is 0 Å². The molecule has 3 atom stereocenters. The van der Waals surface area contributed by atoms with Gasteiger partial charge >= 0.3 is 6.03 Å². The van der Waals surface area contributed by atoms with Crippen LogP contribution in [0.4, 0.5) is 4.79 Å². The molecule has 2 aromatic rings. The number of benzene rings is 1. The second-order valence-corrected chi connectivity index (χ2v) is 6.86. The number of hydrogen-bond donors (Lipinski definition) is 3. The molecular formula is C18H25N3O2S. The lowest BCUT2D eigenvalue weighted by Crippen LogP contribution is -2.42. The number of aliphatic hydroxyl groups is 1. The number of aryl methyl sites for hydroxylation is 1. The third-order valence-electron chi connectivity index (χ3n) is 3.79. The molecule has 0 radical (unpaired) electrons. The van der Waals surface area contributed by atoms with Gasteiger partial charge in [0.2, 0.25) is 0 Å². The number of aliphatic hydroxyl groups excluding tert-OH is 1. The van der Waals surface area contributed by atoms with Gasteiger partial charge in [-0.15, -0.1) is 11.3 Å². The van der Waals surface area contributed by atoms with Crippen LogP contribution in [0.5, 0.6) is 0 Å². The lowest BCUT2D eigenvalue weighted by molar-refractivity contribution is 0.154. The zero-order chi connectivity index (χ0) is 17.5. The van der Waals surface area contributed by atoms with E-state index in [1.807, 2.05) is 56.5 Å². The normalized spacial score (nSPS) is 14.7. The summed E-state index contributed by atoms with van der Waals surface area (Å²) in [5.74, 6) is 0. The fraction of sp³-hybridized carbons (Fsp3) is 0.444. The standard InChI is InChI=1S/C18H25N3O2S/c1-4-15(17-19-13(3)11-24-17)21-18(23)20-12(2)10-16(22)14-8-6-5-7-9-14/h5-9,11-12,15-16,22H,4,10H2,1-3H3,(H2,20,21,23)/t12-,15-,16+/m0/s1. The summed E-state index contributed by atoms with van der Waals surface area (Å²) >= 11 is 1.56. The average Bonchev–Trinajstić information content (AvgIpc) is 2.99. The van der Waals surface area contributed by atoms with Gasteiger partial charge in [-0.05, 0) is 32.3 Å². The summed E-state index contributed by atoms with van der Waals surface area (Å²) in [5, 5.41) is 19.0. The predicted molar refractivity (Wildman–Crippen MR) is 97.0 cm³/mol. The average molecular weight is 347 g/mol. The predicted octanol–water partition coefficient (Wildman–Crippen LogP) is 3.71. The summed E-state index contributed by atoms with van der Waals surface area (Å²) in [7, 11) is 0. The Balaban J connectivity index is 1.84. The summed E-state index contributed by atoms with van der Waals surface area (Å²) in [6.45, 7) is 5.85. The van der Waals surface area contributed by atoms with Crippen molar-refractivity contribution in [3.05, 3.63) is 52.0 Å². The Labute approximate surface area is 147 Å². The van der Waals surface area contributed by atoms with Crippen LogP contribution < -0.4 is 10.6 Å². The number of rotatable bonds is 7. The minimum atomic E-state index is -0.593. The van der Waals surface area contributed by atoms with Crippen molar-refractivity contribution in [2.45, 2.75) is 51.8 Å². The van der Waals surface area contributed by atoms with Crippen LogP contribution in [0.25, 0.3) is 0 Å². The molecule has 0 aliphatic rings. The zero-order valence-corrected chi connectivity index (χ0v) is 15.1. The van der Waals surface area contributed by atoms with Crippen LogP contribution in [-0.2, 0) is 0 Å². The maximum Gasteiger partial charge on any atom is 0.315 e. The maximum absolute atomic E-state index is 12.2. The molecule has 3 N–H and O–H groups in total. The molecule has 0 saturated heterocycles. The number of nitrogens with zero attached hydrogens (tertiary/aromatic N) is 1. The molecule has 0 aliphatic carbocycles. The first-order valence-electron chi connectivity index (χ1n) is 8.21. The molecule has 0 bridgehead atoms. The molecule has 0 fully saturated rings. The minimum Gasteiger partial charge on any atom is -0.388 e. The smallest absolute Gasteiger partial charge is 0.315 e. The number of nitrogens with one attached hydrogen (secondary N) is 2. The molecule has 2 amide bonds. The van der Waals surface area contributed by atoms with Gasteiger partial charge in [0.05, 0.1) is 12.1 Å². The van der Waals surface area contributed by atoms with Crippen molar-refractivity contribution < 1.29 is 9.90 Å². The van der Waals surface area contributed by atoms with E-state index in [1.54, 1.807) is 11.3 Å². The molecule has 130 valence electrons. The van der Waals surface area contributed by atoms with E-state index in [0.29, 0.717) is 6.42 Å². The Morgan fingerprint density at radius 1 is 1.29 bits per heavy atom. The lowest BCUT2D eigenvalue weighted by Gasteiger charge is -2.21. The summed E-state index contributed by atoms with van der Waals surface area (Å²) in [5.41, 5.74) is 1.83. The van der Waals surface area contributed by atoms with Crippen LogP contribution in [0.2, 0.25) is 0 Å². The molecule has 1 aromatic heterocycles. The fourth-order valence-electron chi connectivity index (χ4n) is 2.50. The van der Waals surface area contributed by atoms with Crippen LogP contribution >= 0.6 is 11.3 Å². The lowest BCUT2D eigenvalue weighted by atomic mass is 10.0. The third kappa shape index (κ3) is 5.32. The second kappa shape index (κ2) is 8.80. The van der Waals surface area contributed by atoms with Gasteiger partial charge in [0.15, 0.2) is 0 Å². The van der Waals surface area contributed by atoms with Crippen molar-refractivity contribution in [3.8, 4) is 0 Å². The van der Waals surface area contributed by atoms with Gasteiger partial charge < -0.3 is 15.7 Å². The number of thiazole rings is 1. The quantitative estimate of drug-likeness (QED) is 0.715. The zero-order valence-electron chi connectivity index (χ0n) is 14.3. The number of aromatic nitrogens is 1. The first kappa shape index (κ1) is 18.4. The molecule has 0 saturated carbocycles. The highest BCUT2D eigenvalue weighted by Gasteiger charge is 2.18. The van der Waals surface area contributed by atoms with E-state index < -0.39 is 6.10 Å². The highest BCUT2D eigenvalue weighted by atomic mass is 32.1. The van der Waals surface area contributed by atoms with Gasteiger partial charge in [-0.2, -0.15) is 0 Å². The van der Waals surface area contributed by atoms with E-state index in [4.69, 9.17) is 0 Å². The van der Waals surface area contributed by atoms with Gasteiger partial charge in [-0.25, -0.2) is 9.78 Å². The van der Waals surface area contributed by atoms with Crippen LogP contribution in [-0.4, -0.2) is 22.2 Å². The van der Waals surface area contributed by atoms with E-state index in [0.717, 1.165) is 22.7 Å². The largest absolute Gasteiger partial charge is 0.388 e. The van der Waals surface area contributed by atoms with E-state index in [2.05, 4.69) is 15.6 Å². The highest BCUT2D eigenvalue weighted by molar-refractivity contribution is 7.09. The first-order valence-corrected chi connectivity index (χ1v) is 9.09. The summed E-state index contributed by atoms with van der Waals surface area (Å²) in [4.78, 5) is 16.6. The van der Waals surface area contributed by atoms with Crippen molar-refractivity contribution in [2.24, 2.45) is 0 Å². The molecule has 24 heavy (non-hydrogen) atoms. The third-order valence-corrected chi connectivity index (χ3v) is 4.86. The molecule has 6 heteroatoms. The van der Waals surface area contributed by atoms with Crippen molar-refractivity contribution >= 4 is 17.4 Å². The number of carbonyl (C=O) groups is 1. The van der Waals surface area contributed by atoms with Crippen LogP contribution in [0.1, 0.15) is 55.1 Å². The van der Waals surface area contributed by atoms with Gasteiger partial charge in [-0.1, -0.05) is 37.3 Å². The van der Waals surface area contributed by atoms with Gasteiger partial charge in [-0.3, -0.25) is 0 Å². The minimum absolute atomic E-state index is 0.0880. The molecule has 0 aliphatic heterocycles. The van der Waals surface area contributed by atoms with Crippen molar-refractivity contribution in [1.29, 1.82) is 0 Å². The summed E-state index contributed by atoms with van der Waals surface area (Å²) in [6, 6.07) is 9.01. The fourth-order valence-corrected chi connectivity index (χ4v) is 3.43. The van der Waals surface area contributed by atoms with Crippen molar-refractivity contribution in [1.82, 2.24) is 15.6 Å². The topological polar surface area (TPSA) is 74.2 Å². The highest BCUT2D eigenvalue weighted by Crippen LogP contribution is 2.21. The molecule has 0 spiro atoms. The summed E-state index contributed by atoms with van der Waals surface area (Å²) < 4.78 is 0. The number of hydrogen-bond acceptors (Lipinski definition) is 4. The molecule has 1 aromatic carbocycles. The van der Waals surface area contributed by atoms with Crippen LogP contribution in [0, 0.1) is 6.92 Å². The van der Waals surface area contributed by atoms with E-state index in [9.17, 15) is 9.90 Å². The summed E-state index contributed by atoms with van der Waals surface area (Å²) in [6.07, 6.45) is 0.650. The number of carbonyl (C=O) groups excluding carboxylic acids is 1. The van der Waals surface area contributed by atoms with E-state index in [-0.39, 0.29) is 18.1 Å². The monoisotopic (exact) mass is 347 g/mol. The number of amides is 2. The Morgan fingerprint density at radius 3 is 2.58 bits per heavy atom. The second-order valence-electron chi connectivity index (χ2n) is 5.97. The first-order chi connectivity index (χ1) is 11.5. The van der Waals surface area contributed by atoms with Gasteiger partial charge in [0, 0.05) is 17.1 Å². The number of urea groups is 1. The maximum atomic E-state index is 12.2. The Morgan fingerprint density at radius 2 is 2.00 bits per heavy atom.